The summed E-state index contributed by atoms with van der Waals surface area (Å²) in [7, 11) is 0. The van der Waals surface area contributed by atoms with Crippen LogP contribution >= 0.6 is 35.3 Å². The number of piperazine rings is 1. The predicted octanol–water partition coefficient (Wildman–Crippen LogP) is 1.79. The average molecular weight is 430 g/mol. The van der Waals surface area contributed by atoms with Gasteiger partial charge in [-0.3, -0.25) is 0 Å². The first-order valence-corrected chi connectivity index (χ1v) is 7.85. The number of nitrogens with two attached hydrogens (primary N) is 1. The smallest absolute Gasteiger partial charge is 0.225 e. The Labute approximate surface area is 151 Å². The summed E-state index contributed by atoms with van der Waals surface area (Å²) in [6, 6.07) is 3.90. The van der Waals surface area contributed by atoms with Gasteiger partial charge in [0.05, 0.1) is 6.54 Å². The van der Waals surface area contributed by atoms with Gasteiger partial charge in [0.25, 0.3) is 0 Å². The molecule has 1 fully saturated rings. The SMILES string of the molecule is I.NC(=NCc1ccsc1)N1CCN(c2ncccn2)CC1. The van der Waals surface area contributed by atoms with E-state index in [1.54, 1.807) is 23.7 Å². The molecule has 0 aromatic carbocycles. The summed E-state index contributed by atoms with van der Waals surface area (Å²) in [5.74, 6) is 1.40. The highest BCUT2D eigenvalue weighted by Gasteiger charge is 2.19. The number of guanidine groups is 1. The van der Waals surface area contributed by atoms with Crippen molar-refractivity contribution in [2.45, 2.75) is 6.54 Å². The number of anilines is 1. The van der Waals surface area contributed by atoms with E-state index in [1.165, 1.54) is 5.56 Å². The Hall–Kier alpha value is -1.42. The van der Waals surface area contributed by atoms with Crippen LogP contribution in [0.25, 0.3) is 0 Å². The molecule has 8 heteroatoms. The molecule has 1 aliphatic rings. The van der Waals surface area contributed by atoms with Crippen molar-refractivity contribution in [2.24, 2.45) is 10.7 Å². The second-order valence-corrected chi connectivity index (χ2v) is 5.61. The number of aromatic nitrogens is 2. The van der Waals surface area contributed by atoms with Gasteiger partial charge in [0.2, 0.25) is 5.95 Å². The molecule has 2 N–H and O–H groups in total. The topological polar surface area (TPSA) is 70.6 Å². The Kier molecular flexibility index (Phi) is 6.37. The fourth-order valence-corrected chi connectivity index (χ4v) is 2.90. The van der Waals surface area contributed by atoms with E-state index in [2.05, 4.69) is 41.6 Å². The van der Waals surface area contributed by atoms with E-state index in [0.29, 0.717) is 12.5 Å². The summed E-state index contributed by atoms with van der Waals surface area (Å²) in [4.78, 5) is 17.3. The molecule has 0 atom stereocenters. The van der Waals surface area contributed by atoms with Gasteiger partial charge in [-0.2, -0.15) is 11.3 Å². The van der Waals surface area contributed by atoms with Crippen LogP contribution in [0.3, 0.4) is 0 Å². The molecule has 0 bridgehead atoms. The van der Waals surface area contributed by atoms with Crippen molar-refractivity contribution in [1.82, 2.24) is 14.9 Å². The van der Waals surface area contributed by atoms with Crippen LogP contribution < -0.4 is 10.6 Å². The van der Waals surface area contributed by atoms with E-state index in [0.717, 1.165) is 32.1 Å². The van der Waals surface area contributed by atoms with Crippen molar-refractivity contribution < 1.29 is 0 Å². The van der Waals surface area contributed by atoms with Gasteiger partial charge >= 0.3 is 0 Å². The van der Waals surface area contributed by atoms with E-state index < -0.39 is 0 Å². The third kappa shape index (κ3) is 4.29. The zero-order valence-corrected chi connectivity index (χ0v) is 15.3. The van der Waals surface area contributed by atoms with Crippen LogP contribution in [0.5, 0.6) is 0 Å². The van der Waals surface area contributed by atoms with Crippen molar-refractivity contribution in [1.29, 1.82) is 0 Å². The number of aliphatic imine (C=N–C) groups is 1. The van der Waals surface area contributed by atoms with Gasteiger partial charge < -0.3 is 15.5 Å². The largest absolute Gasteiger partial charge is 0.370 e. The number of thiophene rings is 1. The van der Waals surface area contributed by atoms with Gasteiger partial charge in [-0.1, -0.05) is 0 Å². The summed E-state index contributed by atoms with van der Waals surface area (Å²) in [5, 5.41) is 4.15. The third-order valence-electron chi connectivity index (χ3n) is 3.44. The van der Waals surface area contributed by atoms with Crippen molar-refractivity contribution >= 4 is 47.2 Å². The molecule has 0 unspecified atom stereocenters. The van der Waals surface area contributed by atoms with Gasteiger partial charge in [-0.15, -0.1) is 24.0 Å². The molecule has 0 radical (unpaired) electrons. The summed E-state index contributed by atoms with van der Waals surface area (Å²) < 4.78 is 0. The maximum atomic E-state index is 6.08. The number of hydrogen-bond donors (Lipinski definition) is 1. The Morgan fingerprint density at radius 3 is 2.59 bits per heavy atom. The van der Waals surface area contributed by atoms with E-state index >= 15 is 0 Å². The minimum absolute atomic E-state index is 0. The quantitative estimate of drug-likeness (QED) is 0.457. The van der Waals surface area contributed by atoms with Crippen LogP contribution in [-0.2, 0) is 6.54 Å². The Bertz CT molecular complexity index is 581. The highest BCUT2D eigenvalue weighted by molar-refractivity contribution is 14.0. The first kappa shape index (κ1) is 16.9. The van der Waals surface area contributed by atoms with Crippen molar-refractivity contribution in [3.63, 3.8) is 0 Å². The Balaban J connectivity index is 0.00000176. The molecule has 2 aromatic rings. The number of hydrogen-bond acceptors (Lipinski definition) is 5. The molecule has 3 heterocycles. The molecule has 1 saturated heterocycles. The zero-order chi connectivity index (χ0) is 14.5. The lowest BCUT2D eigenvalue weighted by atomic mass is 10.3. The van der Waals surface area contributed by atoms with Crippen LogP contribution in [0.2, 0.25) is 0 Å². The lowest BCUT2D eigenvalue weighted by Gasteiger charge is -2.35. The molecule has 0 saturated carbocycles. The molecule has 22 heavy (non-hydrogen) atoms. The van der Waals surface area contributed by atoms with Crippen molar-refractivity contribution in [3.8, 4) is 0 Å². The molecule has 0 spiro atoms. The molecule has 1 aliphatic heterocycles. The molecular formula is C14H19IN6S. The lowest BCUT2D eigenvalue weighted by molar-refractivity contribution is 0.378. The molecule has 6 nitrogen and oxygen atoms in total. The minimum Gasteiger partial charge on any atom is -0.370 e. The van der Waals surface area contributed by atoms with Crippen LogP contribution in [0.1, 0.15) is 5.56 Å². The summed E-state index contributed by atoms with van der Waals surface area (Å²) in [6.07, 6.45) is 3.54. The van der Waals surface area contributed by atoms with Gasteiger partial charge in [0, 0.05) is 38.6 Å². The minimum atomic E-state index is 0. The number of halogens is 1. The van der Waals surface area contributed by atoms with Gasteiger partial charge in [0.1, 0.15) is 0 Å². The molecule has 3 rings (SSSR count). The summed E-state index contributed by atoms with van der Waals surface area (Å²) in [5.41, 5.74) is 7.29. The van der Waals surface area contributed by atoms with E-state index in [4.69, 9.17) is 5.73 Å². The molecular weight excluding hydrogens is 411 g/mol. The first-order valence-electron chi connectivity index (χ1n) is 6.91. The Morgan fingerprint density at radius 2 is 1.95 bits per heavy atom. The van der Waals surface area contributed by atoms with E-state index in [-0.39, 0.29) is 24.0 Å². The van der Waals surface area contributed by atoms with Gasteiger partial charge in [0.15, 0.2) is 5.96 Å². The van der Waals surface area contributed by atoms with Crippen LogP contribution in [0.15, 0.2) is 40.3 Å². The second kappa shape index (κ2) is 8.28. The highest BCUT2D eigenvalue weighted by Crippen LogP contribution is 2.10. The Morgan fingerprint density at radius 1 is 1.23 bits per heavy atom. The molecule has 0 amide bonds. The van der Waals surface area contributed by atoms with Crippen LogP contribution in [-0.4, -0.2) is 47.0 Å². The summed E-state index contributed by atoms with van der Waals surface area (Å²) in [6.45, 7) is 4.06. The number of rotatable bonds is 3. The molecule has 118 valence electrons. The van der Waals surface area contributed by atoms with Crippen molar-refractivity contribution in [3.05, 3.63) is 40.8 Å². The number of nitrogens with zero attached hydrogens (tertiary/aromatic N) is 5. The standard InChI is InChI=1S/C14H18N6S.HI/c15-13(18-10-12-2-9-21-11-12)19-5-7-20(8-6-19)14-16-3-1-4-17-14;/h1-4,9,11H,5-8,10H2,(H2,15,18);1H. The highest BCUT2D eigenvalue weighted by atomic mass is 127. The fraction of sp³-hybridized carbons (Fsp3) is 0.357. The zero-order valence-electron chi connectivity index (χ0n) is 12.1. The molecule has 2 aromatic heterocycles. The van der Waals surface area contributed by atoms with Crippen molar-refractivity contribution in [2.75, 3.05) is 31.1 Å². The third-order valence-corrected chi connectivity index (χ3v) is 4.17. The fourth-order valence-electron chi connectivity index (χ4n) is 2.24. The van der Waals surface area contributed by atoms with Crippen LogP contribution in [0, 0.1) is 0 Å². The van der Waals surface area contributed by atoms with E-state index in [1.807, 2.05) is 6.07 Å². The van der Waals surface area contributed by atoms with Gasteiger partial charge in [-0.05, 0) is 28.5 Å². The van der Waals surface area contributed by atoms with E-state index in [9.17, 15) is 0 Å². The maximum Gasteiger partial charge on any atom is 0.225 e. The average Bonchev–Trinajstić information content (AvgIpc) is 3.07. The monoisotopic (exact) mass is 430 g/mol. The summed E-state index contributed by atoms with van der Waals surface area (Å²) >= 11 is 1.68. The lowest BCUT2D eigenvalue weighted by Crippen LogP contribution is -2.51. The van der Waals surface area contributed by atoms with Crippen LogP contribution in [0.4, 0.5) is 5.95 Å². The predicted molar refractivity (Wildman–Crippen MR) is 101 cm³/mol. The molecule has 0 aliphatic carbocycles. The maximum absolute atomic E-state index is 6.08. The first-order chi connectivity index (χ1) is 10.3. The van der Waals surface area contributed by atoms with Gasteiger partial charge in [-0.25, -0.2) is 15.0 Å². The second-order valence-electron chi connectivity index (χ2n) is 4.83. The normalized spacial score (nSPS) is 15.5.